The molecule has 2 atom stereocenters. The van der Waals surface area contributed by atoms with Crippen LogP contribution in [0.3, 0.4) is 0 Å². The average molecular weight is 132 g/mol. The Balaban J connectivity index is 3.32. The molecule has 56 valence electrons. The maximum atomic E-state index is 9.16. The Bertz CT molecular complexity index is 63.9. The topological polar surface area (TPSA) is 40.5 Å². The molecule has 0 bridgehead atoms. The zero-order valence-electron chi connectivity index (χ0n) is 6.17. The van der Waals surface area contributed by atoms with Crippen LogP contribution in [-0.2, 0) is 0 Å². The van der Waals surface area contributed by atoms with Gasteiger partial charge in [0.25, 0.3) is 0 Å². The summed E-state index contributed by atoms with van der Waals surface area (Å²) in [4.78, 5) is 0. The molecule has 0 fully saturated rings. The van der Waals surface area contributed by atoms with E-state index in [4.69, 9.17) is 10.2 Å². The normalized spacial score (nSPS) is 17.3. The molecule has 9 heavy (non-hydrogen) atoms. The Morgan fingerprint density at radius 2 is 2.00 bits per heavy atom. The lowest BCUT2D eigenvalue weighted by Gasteiger charge is -2.14. The van der Waals surface area contributed by atoms with Gasteiger partial charge in [-0.25, -0.2) is 0 Å². The molecule has 2 nitrogen and oxygen atoms in total. The summed E-state index contributed by atoms with van der Waals surface area (Å²) in [6.07, 6.45) is 1.45. The Morgan fingerprint density at radius 3 is 2.33 bits per heavy atom. The van der Waals surface area contributed by atoms with Crippen LogP contribution in [0.1, 0.15) is 26.7 Å². The van der Waals surface area contributed by atoms with Gasteiger partial charge in [0.15, 0.2) is 0 Å². The van der Waals surface area contributed by atoms with Crippen LogP contribution in [0.15, 0.2) is 0 Å². The van der Waals surface area contributed by atoms with Gasteiger partial charge in [0.2, 0.25) is 0 Å². The summed E-state index contributed by atoms with van der Waals surface area (Å²) < 4.78 is 0. The van der Waals surface area contributed by atoms with Crippen LogP contribution in [0.5, 0.6) is 0 Å². The number of hydrogen-bond donors (Lipinski definition) is 2. The van der Waals surface area contributed by atoms with Crippen molar-refractivity contribution in [1.82, 2.24) is 0 Å². The van der Waals surface area contributed by atoms with Gasteiger partial charge in [-0.05, 0) is 6.42 Å². The predicted octanol–water partition coefficient (Wildman–Crippen LogP) is 0.776. The quantitative estimate of drug-likeness (QED) is 0.593. The Labute approximate surface area is 56.5 Å². The van der Waals surface area contributed by atoms with Gasteiger partial charge >= 0.3 is 0 Å². The molecule has 0 spiro atoms. The average Bonchev–Trinajstić information content (AvgIpc) is 1.87. The minimum Gasteiger partial charge on any atom is -0.396 e. The van der Waals surface area contributed by atoms with Crippen LogP contribution in [0.2, 0.25) is 0 Å². The van der Waals surface area contributed by atoms with Crippen molar-refractivity contribution in [3.8, 4) is 0 Å². The molecule has 0 rings (SSSR count). The van der Waals surface area contributed by atoms with Crippen LogP contribution in [0, 0.1) is 5.92 Å². The highest BCUT2D eigenvalue weighted by molar-refractivity contribution is 4.61. The van der Waals surface area contributed by atoms with Crippen molar-refractivity contribution >= 4 is 0 Å². The van der Waals surface area contributed by atoms with E-state index in [9.17, 15) is 0 Å². The maximum Gasteiger partial charge on any atom is 0.0587 e. The fourth-order valence-corrected chi connectivity index (χ4v) is 0.702. The van der Waals surface area contributed by atoms with E-state index in [1.807, 2.05) is 13.8 Å². The molecular formula is C7H16O2. The highest BCUT2D eigenvalue weighted by atomic mass is 16.3. The molecule has 0 aliphatic rings. The molecule has 0 heterocycles. The molecule has 0 aromatic heterocycles. The number of rotatable bonds is 4. The van der Waals surface area contributed by atoms with E-state index in [1.54, 1.807) is 0 Å². The molecule has 0 saturated carbocycles. The smallest absolute Gasteiger partial charge is 0.0587 e. The second-order valence-corrected chi connectivity index (χ2v) is 2.52. The van der Waals surface area contributed by atoms with Crippen molar-refractivity contribution in [3.05, 3.63) is 0 Å². The van der Waals surface area contributed by atoms with Crippen LogP contribution in [0.4, 0.5) is 0 Å². The zero-order chi connectivity index (χ0) is 7.28. The molecule has 0 amide bonds. The molecule has 0 aromatic carbocycles. The maximum absolute atomic E-state index is 9.16. The minimum atomic E-state index is -0.319. The highest BCUT2D eigenvalue weighted by Crippen LogP contribution is 2.06. The Hall–Kier alpha value is -0.0800. The van der Waals surface area contributed by atoms with Crippen LogP contribution < -0.4 is 0 Å². The summed E-state index contributed by atoms with van der Waals surface area (Å²) in [6.45, 7) is 3.95. The summed E-state index contributed by atoms with van der Waals surface area (Å²) in [7, 11) is 0. The van der Waals surface area contributed by atoms with Gasteiger partial charge in [0.05, 0.1) is 6.10 Å². The fraction of sp³-hybridized carbons (Fsp3) is 1.00. The standard InChI is InChI=1S/C7H16O2/c1-3-4-7(9)6(2)5-8/h6-9H,3-5H2,1-2H3/t6?,7-/m0/s1. The molecular weight excluding hydrogens is 116 g/mol. The van der Waals surface area contributed by atoms with E-state index < -0.39 is 0 Å². The number of aliphatic hydroxyl groups excluding tert-OH is 2. The molecule has 1 unspecified atom stereocenters. The molecule has 0 aliphatic heterocycles. The Kier molecular flexibility index (Phi) is 4.72. The largest absolute Gasteiger partial charge is 0.396 e. The van der Waals surface area contributed by atoms with Crippen LogP contribution >= 0.6 is 0 Å². The third kappa shape index (κ3) is 3.49. The van der Waals surface area contributed by atoms with Gasteiger partial charge in [-0.1, -0.05) is 20.3 Å². The molecule has 0 aromatic rings. The molecule has 0 saturated heterocycles. The first-order chi connectivity index (χ1) is 4.22. The lowest BCUT2D eigenvalue weighted by atomic mass is 10.0. The van der Waals surface area contributed by atoms with E-state index in [1.165, 1.54) is 0 Å². The number of aliphatic hydroxyl groups is 2. The number of hydrogen-bond acceptors (Lipinski definition) is 2. The first-order valence-electron chi connectivity index (χ1n) is 3.51. The van der Waals surface area contributed by atoms with E-state index >= 15 is 0 Å². The highest BCUT2D eigenvalue weighted by Gasteiger charge is 2.10. The molecule has 2 N–H and O–H groups in total. The van der Waals surface area contributed by atoms with Gasteiger partial charge in [-0.3, -0.25) is 0 Å². The molecule has 0 radical (unpaired) electrons. The second kappa shape index (κ2) is 4.77. The van der Waals surface area contributed by atoms with Crippen molar-refractivity contribution < 1.29 is 10.2 Å². The lowest BCUT2D eigenvalue weighted by Crippen LogP contribution is -2.20. The van der Waals surface area contributed by atoms with Gasteiger partial charge in [0.1, 0.15) is 0 Å². The predicted molar refractivity (Wildman–Crippen MR) is 37.2 cm³/mol. The Morgan fingerprint density at radius 1 is 1.44 bits per heavy atom. The zero-order valence-corrected chi connectivity index (χ0v) is 6.17. The minimum absolute atomic E-state index is 0.0324. The second-order valence-electron chi connectivity index (χ2n) is 2.52. The summed E-state index contributed by atoms with van der Waals surface area (Å²) >= 11 is 0. The fourth-order valence-electron chi connectivity index (χ4n) is 0.702. The lowest BCUT2D eigenvalue weighted by molar-refractivity contribution is 0.0701. The van der Waals surface area contributed by atoms with Crippen molar-refractivity contribution in [3.63, 3.8) is 0 Å². The third-order valence-electron chi connectivity index (χ3n) is 1.53. The first kappa shape index (κ1) is 8.92. The monoisotopic (exact) mass is 132 g/mol. The SMILES string of the molecule is CCC[C@H](O)C(C)CO. The third-order valence-corrected chi connectivity index (χ3v) is 1.53. The van der Waals surface area contributed by atoms with Crippen molar-refractivity contribution in [2.45, 2.75) is 32.8 Å². The van der Waals surface area contributed by atoms with Crippen molar-refractivity contribution in [2.75, 3.05) is 6.61 Å². The van der Waals surface area contributed by atoms with Crippen LogP contribution in [-0.4, -0.2) is 22.9 Å². The van der Waals surface area contributed by atoms with Gasteiger partial charge in [-0.2, -0.15) is 0 Å². The summed E-state index contributed by atoms with van der Waals surface area (Å²) in [5.74, 6) is 0.0324. The van der Waals surface area contributed by atoms with E-state index in [0.717, 1.165) is 12.8 Å². The van der Waals surface area contributed by atoms with Gasteiger partial charge in [-0.15, -0.1) is 0 Å². The van der Waals surface area contributed by atoms with E-state index in [-0.39, 0.29) is 18.6 Å². The van der Waals surface area contributed by atoms with Crippen molar-refractivity contribution in [1.29, 1.82) is 0 Å². The van der Waals surface area contributed by atoms with E-state index in [2.05, 4.69) is 0 Å². The summed E-state index contributed by atoms with van der Waals surface area (Å²) in [5, 5.41) is 17.7. The first-order valence-corrected chi connectivity index (χ1v) is 3.51. The summed E-state index contributed by atoms with van der Waals surface area (Å²) in [6, 6.07) is 0. The van der Waals surface area contributed by atoms with Gasteiger partial charge < -0.3 is 10.2 Å². The van der Waals surface area contributed by atoms with E-state index in [0.29, 0.717) is 0 Å². The van der Waals surface area contributed by atoms with Crippen LogP contribution in [0.25, 0.3) is 0 Å². The van der Waals surface area contributed by atoms with Crippen molar-refractivity contribution in [2.24, 2.45) is 5.92 Å². The summed E-state index contributed by atoms with van der Waals surface area (Å²) in [5.41, 5.74) is 0. The molecule has 2 heteroatoms. The van der Waals surface area contributed by atoms with Gasteiger partial charge in [0, 0.05) is 12.5 Å². The molecule has 0 aliphatic carbocycles.